The van der Waals surface area contributed by atoms with Crippen LogP contribution in [-0.4, -0.2) is 38.0 Å². The lowest BCUT2D eigenvalue weighted by Crippen LogP contribution is -2.22. The van der Waals surface area contributed by atoms with Crippen LogP contribution >= 0.6 is 11.8 Å². The number of hydrogen-bond donors (Lipinski definition) is 1. The standard InChI is InChI=1S/C17H18N4O2S/c22-14(23-11-6-2-1-3-7-11)10-24-17-19-16-15(20-21-17)12-8-4-5-9-13(12)18-16/h4-5,8-9,11H,1-3,6-7,10H2,(H,18,19,21). The number of aromatic nitrogens is 4. The lowest BCUT2D eigenvalue weighted by atomic mass is 9.98. The van der Waals surface area contributed by atoms with Crippen molar-refractivity contribution < 1.29 is 9.53 Å². The molecule has 0 saturated heterocycles. The average Bonchev–Trinajstić information content (AvgIpc) is 2.98. The van der Waals surface area contributed by atoms with E-state index in [0.29, 0.717) is 10.8 Å². The van der Waals surface area contributed by atoms with Gasteiger partial charge in [0.1, 0.15) is 11.6 Å². The van der Waals surface area contributed by atoms with Gasteiger partial charge in [-0.15, -0.1) is 10.2 Å². The molecule has 4 rings (SSSR count). The molecular formula is C17H18N4O2S. The third-order valence-corrected chi connectivity index (χ3v) is 5.08. The minimum absolute atomic E-state index is 0.0853. The molecule has 0 atom stereocenters. The minimum atomic E-state index is -0.202. The molecule has 0 radical (unpaired) electrons. The summed E-state index contributed by atoms with van der Waals surface area (Å²) < 4.78 is 5.51. The Bertz CT molecular complexity index is 873. The zero-order chi connectivity index (χ0) is 16.4. The molecule has 3 aromatic rings. The topological polar surface area (TPSA) is 80.8 Å². The van der Waals surface area contributed by atoms with Crippen LogP contribution in [-0.2, 0) is 9.53 Å². The summed E-state index contributed by atoms with van der Waals surface area (Å²) in [6.45, 7) is 0. The van der Waals surface area contributed by atoms with Crippen LogP contribution in [0.25, 0.3) is 22.1 Å². The third kappa shape index (κ3) is 3.21. The molecule has 1 N–H and O–H groups in total. The number of nitrogens with zero attached hydrogens (tertiary/aromatic N) is 3. The molecule has 1 fully saturated rings. The Labute approximate surface area is 143 Å². The molecule has 124 valence electrons. The predicted molar refractivity (Wildman–Crippen MR) is 92.9 cm³/mol. The van der Waals surface area contributed by atoms with Crippen molar-refractivity contribution in [1.29, 1.82) is 0 Å². The van der Waals surface area contributed by atoms with E-state index in [-0.39, 0.29) is 17.8 Å². The van der Waals surface area contributed by atoms with E-state index in [1.54, 1.807) is 0 Å². The second-order valence-corrected chi connectivity index (χ2v) is 6.94. The first-order chi connectivity index (χ1) is 11.8. The Balaban J connectivity index is 1.42. The molecule has 0 unspecified atom stereocenters. The molecule has 1 saturated carbocycles. The molecule has 0 aliphatic heterocycles. The molecule has 2 aromatic heterocycles. The fraction of sp³-hybridized carbons (Fsp3) is 0.412. The molecule has 0 amide bonds. The number of esters is 1. The van der Waals surface area contributed by atoms with Gasteiger partial charge >= 0.3 is 5.97 Å². The van der Waals surface area contributed by atoms with E-state index in [1.807, 2.05) is 24.3 Å². The van der Waals surface area contributed by atoms with Crippen LogP contribution < -0.4 is 0 Å². The SMILES string of the molecule is O=C(CSc1nnc2c(n1)[nH]c1ccccc12)OC1CCCCC1. The number of para-hydroxylation sites is 1. The Morgan fingerprint density at radius 3 is 2.92 bits per heavy atom. The molecule has 1 aromatic carbocycles. The van der Waals surface area contributed by atoms with Crippen molar-refractivity contribution in [2.45, 2.75) is 43.4 Å². The maximum atomic E-state index is 12.0. The van der Waals surface area contributed by atoms with Crippen molar-refractivity contribution in [3.63, 3.8) is 0 Å². The van der Waals surface area contributed by atoms with Gasteiger partial charge in [-0.3, -0.25) is 4.79 Å². The van der Waals surface area contributed by atoms with E-state index in [1.165, 1.54) is 18.2 Å². The van der Waals surface area contributed by atoms with Gasteiger partial charge in [0, 0.05) is 10.9 Å². The summed E-state index contributed by atoms with van der Waals surface area (Å²) in [4.78, 5) is 19.6. The first-order valence-corrected chi connectivity index (χ1v) is 9.21. The van der Waals surface area contributed by atoms with Crippen molar-refractivity contribution >= 4 is 39.8 Å². The first kappa shape index (κ1) is 15.4. The number of rotatable bonds is 4. The number of ether oxygens (including phenoxy) is 1. The molecule has 1 aliphatic rings. The van der Waals surface area contributed by atoms with Crippen LogP contribution in [0.3, 0.4) is 0 Å². The van der Waals surface area contributed by atoms with Crippen molar-refractivity contribution in [3.05, 3.63) is 24.3 Å². The summed E-state index contributed by atoms with van der Waals surface area (Å²) in [5.74, 6) is 0.0106. The van der Waals surface area contributed by atoms with Crippen LogP contribution in [0.5, 0.6) is 0 Å². The van der Waals surface area contributed by atoms with Crippen LogP contribution in [0, 0.1) is 0 Å². The highest BCUT2D eigenvalue weighted by atomic mass is 32.2. The number of benzene rings is 1. The number of fused-ring (bicyclic) bond motifs is 3. The van der Waals surface area contributed by atoms with Gasteiger partial charge < -0.3 is 9.72 Å². The monoisotopic (exact) mass is 342 g/mol. The quantitative estimate of drug-likeness (QED) is 0.577. The van der Waals surface area contributed by atoms with E-state index < -0.39 is 0 Å². The molecule has 24 heavy (non-hydrogen) atoms. The van der Waals surface area contributed by atoms with Gasteiger partial charge in [-0.25, -0.2) is 4.98 Å². The second kappa shape index (κ2) is 6.76. The number of carbonyl (C=O) groups excluding carboxylic acids is 1. The Kier molecular flexibility index (Phi) is 4.34. The largest absolute Gasteiger partial charge is 0.462 e. The normalized spacial score (nSPS) is 15.8. The molecule has 2 heterocycles. The van der Waals surface area contributed by atoms with E-state index in [2.05, 4.69) is 20.2 Å². The van der Waals surface area contributed by atoms with E-state index in [4.69, 9.17) is 4.74 Å². The van der Waals surface area contributed by atoms with Crippen LogP contribution in [0.15, 0.2) is 29.4 Å². The van der Waals surface area contributed by atoms with E-state index in [9.17, 15) is 4.79 Å². The maximum absolute atomic E-state index is 12.0. The maximum Gasteiger partial charge on any atom is 0.316 e. The zero-order valence-corrected chi connectivity index (χ0v) is 14.0. The van der Waals surface area contributed by atoms with E-state index >= 15 is 0 Å². The Morgan fingerprint density at radius 2 is 2.04 bits per heavy atom. The number of carbonyl (C=O) groups is 1. The molecule has 6 nitrogen and oxygen atoms in total. The molecule has 0 bridgehead atoms. The van der Waals surface area contributed by atoms with Gasteiger partial charge in [-0.2, -0.15) is 0 Å². The lowest BCUT2D eigenvalue weighted by molar-refractivity contribution is -0.147. The van der Waals surface area contributed by atoms with Crippen molar-refractivity contribution in [3.8, 4) is 0 Å². The van der Waals surface area contributed by atoms with Gasteiger partial charge in [0.2, 0.25) is 5.16 Å². The van der Waals surface area contributed by atoms with Crippen molar-refractivity contribution in [2.24, 2.45) is 0 Å². The average molecular weight is 342 g/mol. The highest BCUT2D eigenvalue weighted by Crippen LogP contribution is 2.24. The fourth-order valence-electron chi connectivity index (χ4n) is 3.09. The minimum Gasteiger partial charge on any atom is -0.462 e. The summed E-state index contributed by atoms with van der Waals surface area (Å²) in [5.41, 5.74) is 2.42. The number of nitrogens with one attached hydrogen (secondary N) is 1. The fourth-order valence-corrected chi connectivity index (χ4v) is 3.66. The van der Waals surface area contributed by atoms with Gasteiger partial charge in [0.15, 0.2) is 5.65 Å². The van der Waals surface area contributed by atoms with Gasteiger partial charge in [0.25, 0.3) is 0 Å². The summed E-state index contributed by atoms with van der Waals surface area (Å²) in [6.07, 6.45) is 5.59. The summed E-state index contributed by atoms with van der Waals surface area (Å²) in [5, 5.41) is 9.85. The number of hydrogen-bond acceptors (Lipinski definition) is 6. The molecule has 1 aliphatic carbocycles. The van der Waals surface area contributed by atoms with Crippen molar-refractivity contribution in [1.82, 2.24) is 20.2 Å². The molecule has 0 spiro atoms. The summed E-state index contributed by atoms with van der Waals surface area (Å²) in [7, 11) is 0. The van der Waals surface area contributed by atoms with Gasteiger partial charge in [-0.05, 0) is 31.7 Å². The van der Waals surface area contributed by atoms with Gasteiger partial charge in [-0.1, -0.05) is 36.4 Å². The Morgan fingerprint density at radius 1 is 1.21 bits per heavy atom. The smallest absolute Gasteiger partial charge is 0.316 e. The summed E-state index contributed by atoms with van der Waals surface area (Å²) >= 11 is 1.26. The number of aromatic amines is 1. The second-order valence-electron chi connectivity index (χ2n) is 6.00. The predicted octanol–water partition coefficient (Wildman–Crippen LogP) is 3.47. The lowest BCUT2D eigenvalue weighted by Gasteiger charge is -2.21. The Hall–Kier alpha value is -2.15. The summed E-state index contributed by atoms with van der Waals surface area (Å²) in [6, 6.07) is 7.88. The van der Waals surface area contributed by atoms with E-state index in [0.717, 1.165) is 42.1 Å². The highest BCUT2D eigenvalue weighted by Gasteiger charge is 2.18. The van der Waals surface area contributed by atoms with Crippen LogP contribution in [0.1, 0.15) is 32.1 Å². The van der Waals surface area contributed by atoms with Crippen LogP contribution in [0.4, 0.5) is 0 Å². The van der Waals surface area contributed by atoms with Gasteiger partial charge in [0.05, 0.1) is 5.75 Å². The third-order valence-electron chi connectivity index (χ3n) is 4.27. The number of thioether (sulfide) groups is 1. The molecular weight excluding hydrogens is 324 g/mol. The first-order valence-electron chi connectivity index (χ1n) is 8.23. The van der Waals surface area contributed by atoms with Crippen molar-refractivity contribution in [2.75, 3.05) is 5.75 Å². The molecule has 7 heteroatoms. The van der Waals surface area contributed by atoms with Crippen LogP contribution in [0.2, 0.25) is 0 Å². The zero-order valence-electron chi connectivity index (χ0n) is 13.2. The highest BCUT2D eigenvalue weighted by molar-refractivity contribution is 7.99. The number of H-pyrrole nitrogens is 1.